The second-order valence-electron chi connectivity index (χ2n) is 6.19. The first-order chi connectivity index (χ1) is 11.4. The van der Waals surface area contributed by atoms with Gasteiger partial charge in [-0.3, -0.25) is 9.48 Å². The van der Waals surface area contributed by atoms with Crippen molar-refractivity contribution in [3.8, 4) is 6.07 Å². The number of amides is 1. The number of nitriles is 1. The normalized spacial score (nSPS) is 16.4. The number of hydrogen-bond acceptors (Lipinski definition) is 3. The van der Waals surface area contributed by atoms with Gasteiger partial charge in [0.05, 0.1) is 17.3 Å². The van der Waals surface area contributed by atoms with Gasteiger partial charge in [-0.15, -0.1) is 0 Å². The van der Waals surface area contributed by atoms with Crippen LogP contribution in [0.2, 0.25) is 5.02 Å². The second-order valence-corrected chi connectivity index (χ2v) is 6.60. The first-order valence-corrected chi connectivity index (χ1v) is 8.23. The van der Waals surface area contributed by atoms with E-state index in [9.17, 15) is 10.1 Å². The molecule has 0 N–H and O–H groups in total. The molecule has 6 heteroatoms. The fraction of sp³-hybridized carbons (Fsp3) is 0.389. The highest BCUT2D eigenvalue weighted by atomic mass is 35.5. The monoisotopic (exact) mass is 342 g/mol. The van der Waals surface area contributed by atoms with Crippen LogP contribution in [-0.4, -0.2) is 27.1 Å². The van der Waals surface area contributed by atoms with E-state index in [4.69, 9.17) is 11.6 Å². The number of carbonyl (C=O) groups excluding carboxylic acids is 1. The number of aromatic nitrogens is 2. The molecule has 0 aliphatic carbocycles. The lowest BCUT2D eigenvalue weighted by Crippen LogP contribution is -2.30. The van der Waals surface area contributed by atoms with Crippen molar-refractivity contribution in [2.45, 2.75) is 33.2 Å². The molecule has 1 aliphatic heterocycles. The van der Waals surface area contributed by atoms with Crippen LogP contribution in [0.3, 0.4) is 0 Å². The molecule has 2 heterocycles. The Hall–Kier alpha value is -2.32. The standard InChI is InChI=1S/C18H19ClN4O/c1-10-15(19)6-5-14-16(9-20)23(18(24)17(10)14)8-7-13-11(2)21-22(4)12(13)3/h5-6,16H,7-8H2,1-4H3. The maximum absolute atomic E-state index is 12.8. The lowest BCUT2D eigenvalue weighted by Gasteiger charge is -2.20. The van der Waals surface area contributed by atoms with Crippen molar-refractivity contribution in [3.63, 3.8) is 0 Å². The van der Waals surface area contributed by atoms with Gasteiger partial charge in [-0.2, -0.15) is 10.4 Å². The molecule has 1 aromatic heterocycles. The van der Waals surface area contributed by atoms with E-state index < -0.39 is 6.04 Å². The molecule has 0 spiro atoms. The van der Waals surface area contributed by atoms with Crippen molar-refractivity contribution < 1.29 is 4.79 Å². The number of aryl methyl sites for hydroxylation is 2. The molecular formula is C18H19ClN4O. The van der Waals surface area contributed by atoms with Gasteiger partial charge < -0.3 is 4.90 Å². The molecule has 0 fully saturated rings. The summed E-state index contributed by atoms with van der Waals surface area (Å²) in [4.78, 5) is 14.5. The largest absolute Gasteiger partial charge is 0.318 e. The summed E-state index contributed by atoms with van der Waals surface area (Å²) in [5.74, 6) is -0.115. The van der Waals surface area contributed by atoms with Crippen LogP contribution >= 0.6 is 11.6 Å². The zero-order chi connectivity index (χ0) is 17.6. The summed E-state index contributed by atoms with van der Waals surface area (Å²) < 4.78 is 1.84. The van der Waals surface area contributed by atoms with Crippen molar-refractivity contribution in [3.05, 3.63) is 50.8 Å². The average Bonchev–Trinajstić information content (AvgIpc) is 2.95. The number of nitrogens with zero attached hydrogens (tertiary/aromatic N) is 4. The Balaban J connectivity index is 1.91. The van der Waals surface area contributed by atoms with Gasteiger partial charge in [0, 0.05) is 29.9 Å². The number of rotatable bonds is 3. The van der Waals surface area contributed by atoms with E-state index in [0.29, 0.717) is 23.6 Å². The molecule has 0 radical (unpaired) electrons. The van der Waals surface area contributed by atoms with Crippen LogP contribution < -0.4 is 0 Å². The average molecular weight is 343 g/mol. The van der Waals surface area contributed by atoms with Crippen LogP contribution in [0, 0.1) is 32.1 Å². The third kappa shape index (κ3) is 2.38. The van der Waals surface area contributed by atoms with Crippen LogP contribution in [0.1, 0.15) is 44.5 Å². The first kappa shape index (κ1) is 16.5. The second kappa shape index (κ2) is 5.95. The molecule has 2 aromatic rings. The van der Waals surface area contributed by atoms with Gasteiger partial charge in [-0.05, 0) is 44.4 Å². The maximum atomic E-state index is 12.8. The Morgan fingerprint density at radius 1 is 1.33 bits per heavy atom. The molecule has 0 saturated carbocycles. The first-order valence-electron chi connectivity index (χ1n) is 7.85. The molecule has 0 bridgehead atoms. The summed E-state index contributed by atoms with van der Waals surface area (Å²) in [5, 5.41) is 14.5. The smallest absolute Gasteiger partial charge is 0.255 e. The molecule has 1 atom stereocenters. The highest BCUT2D eigenvalue weighted by Crippen LogP contribution is 2.37. The summed E-state index contributed by atoms with van der Waals surface area (Å²) in [5.41, 5.74) is 5.26. The molecule has 1 amide bonds. The van der Waals surface area contributed by atoms with E-state index in [1.807, 2.05) is 32.5 Å². The Morgan fingerprint density at radius 3 is 2.62 bits per heavy atom. The van der Waals surface area contributed by atoms with E-state index in [0.717, 1.165) is 28.1 Å². The summed E-state index contributed by atoms with van der Waals surface area (Å²) in [6.07, 6.45) is 0.677. The minimum atomic E-state index is -0.555. The molecule has 1 aromatic carbocycles. The summed E-state index contributed by atoms with van der Waals surface area (Å²) >= 11 is 6.15. The fourth-order valence-electron chi connectivity index (χ4n) is 3.43. The molecule has 24 heavy (non-hydrogen) atoms. The zero-order valence-corrected chi connectivity index (χ0v) is 15.0. The minimum Gasteiger partial charge on any atom is -0.318 e. The van der Waals surface area contributed by atoms with Crippen LogP contribution in [-0.2, 0) is 13.5 Å². The SMILES string of the molecule is Cc1nn(C)c(C)c1CCN1C(=O)c2c(ccc(Cl)c2C)C1C#N. The highest BCUT2D eigenvalue weighted by Gasteiger charge is 2.38. The number of halogens is 1. The predicted octanol–water partition coefficient (Wildman–Crippen LogP) is 3.26. The van der Waals surface area contributed by atoms with Gasteiger partial charge in [-0.25, -0.2) is 0 Å². The van der Waals surface area contributed by atoms with Crippen molar-refractivity contribution in [1.29, 1.82) is 5.26 Å². The number of hydrogen-bond donors (Lipinski definition) is 0. The van der Waals surface area contributed by atoms with E-state index in [1.54, 1.807) is 17.0 Å². The molecule has 3 rings (SSSR count). The molecule has 1 unspecified atom stereocenters. The lowest BCUT2D eigenvalue weighted by atomic mass is 10.0. The lowest BCUT2D eigenvalue weighted by molar-refractivity contribution is 0.0759. The van der Waals surface area contributed by atoms with Crippen LogP contribution in [0.4, 0.5) is 0 Å². The zero-order valence-electron chi connectivity index (χ0n) is 14.2. The van der Waals surface area contributed by atoms with Gasteiger partial charge in [0.25, 0.3) is 5.91 Å². The summed E-state index contributed by atoms with van der Waals surface area (Å²) in [6, 6.07) is 5.25. The van der Waals surface area contributed by atoms with E-state index in [2.05, 4.69) is 11.2 Å². The Kier molecular flexibility index (Phi) is 4.10. The fourth-order valence-corrected chi connectivity index (χ4v) is 3.59. The van der Waals surface area contributed by atoms with Crippen LogP contribution in [0.5, 0.6) is 0 Å². The van der Waals surface area contributed by atoms with Crippen LogP contribution in [0.25, 0.3) is 0 Å². The molecular weight excluding hydrogens is 324 g/mol. The van der Waals surface area contributed by atoms with Gasteiger partial charge in [-0.1, -0.05) is 17.7 Å². The maximum Gasteiger partial charge on any atom is 0.255 e. The molecule has 1 aliphatic rings. The van der Waals surface area contributed by atoms with Crippen molar-refractivity contribution in [2.24, 2.45) is 7.05 Å². The van der Waals surface area contributed by atoms with Crippen molar-refractivity contribution in [2.75, 3.05) is 6.54 Å². The number of fused-ring (bicyclic) bond motifs is 1. The third-order valence-electron chi connectivity index (χ3n) is 4.90. The third-order valence-corrected chi connectivity index (χ3v) is 5.31. The van der Waals surface area contributed by atoms with Gasteiger partial charge in [0.15, 0.2) is 0 Å². The van der Waals surface area contributed by atoms with Crippen LogP contribution in [0.15, 0.2) is 12.1 Å². The quantitative estimate of drug-likeness (QED) is 0.860. The van der Waals surface area contributed by atoms with Gasteiger partial charge >= 0.3 is 0 Å². The Labute approximate surface area is 146 Å². The summed E-state index contributed by atoms with van der Waals surface area (Å²) in [7, 11) is 1.91. The number of benzene rings is 1. The topological polar surface area (TPSA) is 61.9 Å². The summed E-state index contributed by atoms with van der Waals surface area (Å²) in [6.45, 7) is 6.29. The van der Waals surface area contributed by atoms with Crippen molar-refractivity contribution >= 4 is 17.5 Å². The van der Waals surface area contributed by atoms with Gasteiger partial charge in [0.2, 0.25) is 0 Å². The molecule has 124 valence electrons. The minimum absolute atomic E-state index is 0.115. The number of carbonyl (C=O) groups is 1. The van der Waals surface area contributed by atoms with Crippen molar-refractivity contribution in [1.82, 2.24) is 14.7 Å². The van der Waals surface area contributed by atoms with E-state index >= 15 is 0 Å². The molecule has 0 saturated heterocycles. The van der Waals surface area contributed by atoms with Gasteiger partial charge in [0.1, 0.15) is 6.04 Å². The Bertz CT molecular complexity index is 878. The highest BCUT2D eigenvalue weighted by molar-refractivity contribution is 6.32. The Morgan fingerprint density at radius 2 is 2.04 bits per heavy atom. The molecule has 5 nitrogen and oxygen atoms in total. The van der Waals surface area contributed by atoms with E-state index in [1.165, 1.54) is 0 Å². The van der Waals surface area contributed by atoms with E-state index in [-0.39, 0.29) is 5.91 Å². The predicted molar refractivity (Wildman–Crippen MR) is 92.0 cm³/mol.